The molecule has 0 N–H and O–H groups in total. The summed E-state index contributed by atoms with van der Waals surface area (Å²) >= 11 is 6.23. The molecule has 0 spiro atoms. The predicted molar refractivity (Wildman–Crippen MR) is 86.5 cm³/mol. The van der Waals surface area contributed by atoms with Crippen molar-refractivity contribution in [1.29, 1.82) is 0 Å². The van der Waals surface area contributed by atoms with E-state index in [4.69, 9.17) is 16.3 Å². The Hall–Kier alpha value is -1.61. The second kappa shape index (κ2) is 5.64. The topological polar surface area (TPSA) is 35.0 Å². The molecule has 4 heteroatoms. The van der Waals surface area contributed by atoms with E-state index in [9.17, 15) is 0 Å². The monoisotopic (exact) mass is 304 g/mol. The number of halogens is 1. The van der Waals surface area contributed by atoms with Crippen LogP contribution in [0.5, 0.6) is 11.6 Å². The molecule has 0 aliphatic rings. The zero-order valence-corrected chi connectivity index (χ0v) is 14.2. The van der Waals surface area contributed by atoms with Crippen LogP contribution in [0.3, 0.4) is 0 Å². The highest BCUT2D eigenvalue weighted by Gasteiger charge is 2.21. The third-order valence-corrected chi connectivity index (χ3v) is 3.63. The van der Waals surface area contributed by atoms with Crippen LogP contribution in [-0.4, -0.2) is 9.97 Å². The molecule has 0 bridgehead atoms. The maximum atomic E-state index is 6.23. The van der Waals surface area contributed by atoms with Crippen molar-refractivity contribution < 1.29 is 4.74 Å². The Kier molecular flexibility index (Phi) is 4.24. The lowest BCUT2D eigenvalue weighted by atomic mass is 9.96. The Bertz CT molecular complexity index is 675. The fourth-order valence-corrected chi connectivity index (χ4v) is 1.99. The van der Waals surface area contributed by atoms with Crippen molar-refractivity contribution in [2.45, 2.75) is 47.0 Å². The first kappa shape index (κ1) is 15.8. The maximum absolute atomic E-state index is 6.23. The van der Waals surface area contributed by atoms with Gasteiger partial charge < -0.3 is 4.74 Å². The largest absolute Gasteiger partial charge is 0.438 e. The van der Waals surface area contributed by atoms with Crippen molar-refractivity contribution >= 4 is 11.6 Å². The van der Waals surface area contributed by atoms with Crippen LogP contribution in [0.2, 0.25) is 5.15 Å². The quantitative estimate of drug-likeness (QED) is 0.720. The minimum absolute atomic E-state index is 0.183. The van der Waals surface area contributed by atoms with Gasteiger partial charge in [-0.05, 0) is 38.0 Å². The Balaban J connectivity index is 2.49. The fraction of sp³-hybridized carbons (Fsp3) is 0.412. The normalized spacial score (nSPS) is 11.6. The summed E-state index contributed by atoms with van der Waals surface area (Å²) in [6, 6.07) is 6.09. The van der Waals surface area contributed by atoms with Crippen molar-refractivity contribution in [3.8, 4) is 11.6 Å². The zero-order valence-electron chi connectivity index (χ0n) is 13.4. The van der Waals surface area contributed by atoms with Gasteiger partial charge >= 0.3 is 0 Å². The van der Waals surface area contributed by atoms with Gasteiger partial charge in [0, 0.05) is 11.0 Å². The van der Waals surface area contributed by atoms with Gasteiger partial charge in [0.15, 0.2) is 0 Å². The van der Waals surface area contributed by atoms with Gasteiger partial charge in [-0.3, -0.25) is 0 Å². The predicted octanol–water partition coefficient (Wildman–Crippen LogP) is 5.15. The Morgan fingerprint density at radius 2 is 1.71 bits per heavy atom. The van der Waals surface area contributed by atoms with E-state index in [2.05, 4.69) is 36.8 Å². The molecule has 1 aromatic carbocycles. The molecule has 1 aromatic heterocycles. The van der Waals surface area contributed by atoms with E-state index in [1.165, 1.54) is 0 Å². The molecule has 112 valence electrons. The molecular weight excluding hydrogens is 284 g/mol. The summed E-state index contributed by atoms with van der Waals surface area (Å²) in [7, 11) is 0. The van der Waals surface area contributed by atoms with Crippen LogP contribution in [0.1, 0.15) is 43.3 Å². The van der Waals surface area contributed by atoms with Crippen LogP contribution < -0.4 is 4.74 Å². The molecule has 2 rings (SSSR count). The van der Waals surface area contributed by atoms with Crippen LogP contribution in [0.15, 0.2) is 18.2 Å². The van der Waals surface area contributed by atoms with Crippen LogP contribution in [0, 0.1) is 20.8 Å². The highest BCUT2D eigenvalue weighted by Crippen LogP contribution is 2.32. The first-order valence-electron chi connectivity index (χ1n) is 6.98. The van der Waals surface area contributed by atoms with E-state index in [1.54, 1.807) is 0 Å². The van der Waals surface area contributed by atoms with Gasteiger partial charge in [-0.1, -0.05) is 44.5 Å². The van der Waals surface area contributed by atoms with Crippen LogP contribution in [0.4, 0.5) is 0 Å². The molecule has 0 amide bonds. The van der Waals surface area contributed by atoms with Gasteiger partial charge in [-0.2, -0.15) is 4.98 Å². The first-order valence-corrected chi connectivity index (χ1v) is 7.36. The van der Waals surface area contributed by atoms with E-state index in [0.717, 1.165) is 22.4 Å². The number of benzene rings is 1. The summed E-state index contributed by atoms with van der Waals surface area (Å²) in [5, 5.41) is 0.440. The highest BCUT2D eigenvalue weighted by molar-refractivity contribution is 6.30. The summed E-state index contributed by atoms with van der Waals surface area (Å²) in [4.78, 5) is 8.91. The maximum Gasteiger partial charge on any atom is 0.227 e. The van der Waals surface area contributed by atoms with Crippen molar-refractivity contribution in [2.75, 3.05) is 0 Å². The molecule has 21 heavy (non-hydrogen) atoms. The summed E-state index contributed by atoms with van der Waals surface area (Å²) < 4.78 is 6.00. The average molecular weight is 305 g/mol. The van der Waals surface area contributed by atoms with Crippen molar-refractivity contribution in [3.63, 3.8) is 0 Å². The lowest BCUT2D eigenvalue weighted by Gasteiger charge is -2.19. The summed E-state index contributed by atoms with van der Waals surface area (Å²) in [5.41, 5.74) is 2.78. The third-order valence-electron chi connectivity index (χ3n) is 3.26. The van der Waals surface area contributed by atoms with E-state index in [0.29, 0.717) is 16.9 Å². The Labute approximate surface area is 131 Å². The number of hydrogen-bond acceptors (Lipinski definition) is 3. The average Bonchev–Trinajstić information content (AvgIpc) is 2.37. The molecule has 0 saturated heterocycles. The standard InChI is InChI=1S/C17H21ClN2O/c1-10-7-8-11(2)13(9-10)21-15-12(3)14(18)19-16(20-15)17(4,5)6/h7-9H,1-6H3. The summed E-state index contributed by atoms with van der Waals surface area (Å²) in [6.07, 6.45) is 0. The van der Waals surface area contributed by atoms with E-state index >= 15 is 0 Å². The summed E-state index contributed by atoms with van der Waals surface area (Å²) in [6.45, 7) is 12.1. The summed E-state index contributed by atoms with van der Waals surface area (Å²) in [5.74, 6) is 2.00. The van der Waals surface area contributed by atoms with Gasteiger partial charge in [-0.25, -0.2) is 4.98 Å². The van der Waals surface area contributed by atoms with Gasteiger partial charge in [0.1, 0.15) is 16.7 Å². The highest BCUT2D eigenvalue weighted by atomic mass is 35.5. The molecule has 0 radical (unpaired) electrons. The lowest BCUT2D eigenvalue weighted by Crippen LogP contribution is -2.17. The molecule has 0 atom stereocenters. The van der Waals surface area contributed by atoms with E-state index < -0.39 is 0 Å². The first-order chi connectivity index (χ1) is 9.68. The number of ether oxygens (including phenoxy) is 1. The Morgan fingerprint density at radius 1 is 1.05 bits per heavy atom. The van der Waals surface area contributed by atoms with E-state index in [1.807, 2.05) is 32.9 Å². The molecule has 0 aliphatic carbocycles. The van der Waals surface area contributed by atoms with Gasteiger partial charge in [0.05, 0.1) is 0 Å². The number of nitrogens with zero attached hydrogens (tertiary/aromatic N) is 2. The second-order valence-corrected chi connectivity index (χ2v) is 6.75. The van der Waals surface area contributed by atoms with Crippen molar-refractivity contribution in [3.05, 3.63) is 45.9 Å². The molecule has 0 aliphatic heterocycles. The number of rotatable bonds is 2. The zero-order chi connectivity index (χ0) is 15.8. The fourth-order valence-electron chi connectivity index (χ4n) is 1.83. The van der Waals surface area contributed by atoms with Crippen LogP contribution in [0.25, 0.3) is 0 Å². The molecule has 1 heterocycles. The molecule has 2 aromatic rings. The molecule has 0 fully saturated rings. The van der Waals surface area contributed by atoms with Gasteiger partial charge in [-0.15, -0.1) is 0 Å². The SMILES string of the molecule is Cc1ccc(C)c(Oc2nc(C(C)(C)C)nc(Cl)c2C)c1. The number of aryl methyl sites for hydroxylation is 2. The third kappa shape index (κ3) is 3.53. The molecule has 3 nitrogen and oxygen atoms in total. The van der Waals surface area contributed by atoms with Crippen molar-refractivity contribution in [1.82, 2.24) is 9.97 Å². The van der Waals surface area contributed by atoms with E-state index in [-0.39, 0.29) is 5.41 Å². The van der Waals surface area contributed by atoms with Crippen LogP contribution >= 0.6 is 11.6 Å². The molecule has 0 unspecified atom stereocenters. The number of aromatic nitrogens is 2. The Morgan fingerprint density at radius 3 is 2.33 bits per heavy atom. The molecular formula is C17H21ClN2O. The second-order valence-electron chi connectivity index (χ2n) is 6.39. The van der Waals surface area contributed by atoms with Crippen LogP contribution in [-0.2, 0) is 5.41 Å². The lowest BCUT2D eigenvalue weighted by molar-refractivity contribution is 0.439. The molecule has 0 saturated carbocycles. The number of hydrogen-bond donors (Lipinski definition) is 0. The van der Waals surface area contributed by atoms with Crippen molar-refractivity contribution in [2.24, 2.45) is 0 Å². The minimum Gasteiger partial charge on any atom is -0.438 e. The van der Waals surface area contributed by atoms with Gasteiger partial charge in [0.2, 0.25) is 5.88 Å². The smallest absolute Gasteiger partial charge is 0.227 e. The minimum atomic E-state index is -0.183. The van der Waals surface area contributed by atoms with Gasteiger partial charge in [0.25, 0.3) is 0 Å².